The van der Waals surface area contributed by atoms with E-state index in [1.807, 2.05) is 6.92 Å². The summed E-state index contributed by atoms with van der Waals surface area (Å²) in [4.78, 5) is 40.6. The van der Waals surface area contributed by atoms with Crippen LogP contribution < -0.4 is 16.6 Å². The number of carbonyl (C=O) groups is 1. The van der Waals surface area contributed by atoms with Crippen molar-refractivity contribution in [2.75, 3.05) is 11.9 Å². The number of aryl methyl sites for hydroxylation is 1. The van der Waals surface area contributed by atoms with Crippen LogP contribution >= 0.6 is 11.3 Å². The molecule has 3 rings (SSSR count). The number of fused-ring (bicyclic) bond motifs is 1. The van der Waals surface area contributed by atoms with E-state index in [2.05, 4.69) is 20.5 Å². The van der Waals surface area contributed by atoms with Crippen LogP contribution in [0.15, 0.2) is 15.9 Å². The first-order valence-electron chi connectivity index (χ1n) is 7.73. The van der Waals surface area contributed by atoms with E-state index in [0.717, 1.165) is 4.57 Å². The van der Waals surface area contributed by atoms with Crippen LogP contribution in [0.4, 0.5) is 5.13 Å². The first kappa shape index (κ1) is 17.9. The van der Waals surface area contributed by atoms with Crippen LogP contribution in [0.5, 0.6) is 0 Å². The van der Waals surface area contributed by atoms with Gasteiger partial charge in [-0.3, -0.25) is 24.0 Å². The van der Waals surface area contributed by atoms with Crippen LogP contribution in [0.1, 0.15) is 11.9 Å². The van der Waals surface area contributed by atoms with Crippen molar-refractivity contribution in [3.63, 3.8) is 0 Å². The summed E-state index contributed by atoms with van der Waals surface area (Å²) in [6.07, 6.45) is 1.35. The molecule has 26 heavy (non-hydrogen) atoms. The molecule has 138 valence electrons. The minimum absolute atomic E-state index is 0.148. The number of carbonyl (C=O) groups excluding carboxylic acids is 1. The second-order valence-electron chi connectivity index (χ2n) is 5.44. The quantitative estimate of drug-likeness (QED) is 0.609. The van der Waals surface area contributed by atoms with Gasteiger partial charge in [0.2, 0.25) is 11.0 Å². The van der Waals surface area contributed by atoms with Gasteiger partial charge in [-0.1, -0.05) is 11.3 Å². The maximum Gasteiger partial charge on any atom is 0.332 e. The highest BCUT2D eigenvalue weighted by molar-refractivity contribution is 7.15. The Morgan fingerprint density at radius 2 is 2.04 bits per heavy atom. The molecule has 0 saturated carbocycles. The molecule has 3 aromatic heterocycles. The highest BCUT2D eigenvalue weighted by Gasteiger charge is 2.16. The predicted octanol–water partition coefficient (Wildman–Crippen LogP) is -0.540. The minimum Gasteiger partial charge on any atom is -0.374 e. The normalized spacial score (nSPS) is 11.2. The van der Waals surface area contributed by atoms with Crippen molar-refractivity contribution in [2.24, 2.45) is 14.1 Å². The first-order valence-corrected chi connectivity index (χ1v) is 8.54. The summed E-state index contributed by atoms with van der Waals surface area (Å²) in [5, 5.41) is 11.4. The van der Waals surface area contributed by atoms with Crippen LogP contribution in [-0.2, 0) is 36.8 Å². The van der Waals surface area contributed by atoms with Gasteiger partial charge in [0.1, 0.15) is 18.2 Å². The van der Waals surface area contributed by atoms with Crippen LogP contribution in [0.3, 0.4) is 0 Å². The summed E-state index contributed by atoms with van der Waals surface area (Å²) < 4.78 is 8.87. The molecule has 1 amide bonds. The third-order valence-electron chi connectivity index (χ3n) is 3.67. The molecule has 1 N–H and O–H groups in total. The highest BCUT2D eigenvalue weighted by Crippen LogP contribution is 2.16. The van der Waals surface area contributed by atoms with E-state index in [1.54, 1.807) is 0 Å². The number of hydrogen-bond acceptors (Lipinski definition) is 8. The molecule has 0 aliphatic carbocycles. The predicted molar refractivity (Wildman–Crippen MR) is 94.1 cm³/mol. The van der Waals surface area contributed by atoms with Crippen molar-refractivity contribution < 1.29 is 9.53 Å². The largest absolute Gasteiger partial charge is 0.374 e. The summed E-state index contributed by atoms with van der Waals surface area (Å²) in [6.45, 7) is 2.62. The van der Waals surface area contributed by atoms with Crippen molar-refractivity contribution in [3.05, 3.63) is 32.2 Å². The van der Waals surface area contributed by atoms with Crippen LogP contribution in [0.2, 0.25) is 0 Å². The molecule has 11 nitrogen and oxygen atoms in total. The van der Waals surface area contributed by atoms with Gasteiger partial charge in [0, 0.05) is 20.7 Å². The van der Waals surface area contributed by atoms with E-state index in [1.165, 1.54) is 40.9 Å². The number of aromatic nitrogens is 6. The van der Waals surface area contributed by atoms with Gasteiger partial charge in [0.25, 0.3) is 5.56 Å². The van der Waals surface area contributed by atoms with E-state index in [-0.39, 0.29) is 23.6 Å². The fourth-order valence-electron chi connectivity index (χ4n) is 2.38. The number of nitrogens with one attached hydrogen (secondary N) is 1. The topological polar surface area (TPSA) is 126 Å². The Kier molecular flexibility index (Phi) is 4.95. The molecule has 0 aromatic carbocycles. The van der Waals surface area contributed by atoms with Crippen molar-refractivity contribution in [2.45, 2.75) is 20.1 Å². The molecule has 0 aliphatic heterocycles. The number of nitrogens with zero attached hydrogens (tertiary/aromatic N) is 6. The summed E-state index contributed by atoms with van der Waals surface area (Å²) in [7, 11) is 2.89. The minimum atomic E-state index is -0.511. The molecular formula is C14H17N7O4S. The van der Waals surface area contributed by atoms with Gasteiger partial charge >= 0.3 is 5.69 Å². The number of hydrogen-bond donors (Lipinski definition) is 1. The van der Waals surface area contributed by atoms with Crippen LogP contribution in [0.25, 0.3) is 11.2 Å². The van der Waals surface area contributed by atoms with Gasteiger partial charge in [-0.25, -0.2) is 9.78 Å². The fraction of sp³-hybridized carbons (Fsp3) is 0.429. The monoisotopic (exact) mass is 379 g/mol. The second-order valence-corrected chi connectivity index (χ2v) is 6.50. The molecule has 0 radical (unpaired) electrons. The summed E-state index contributed by atoms with van der Waals surface area (Å²) in [5.74, 6) is -0.390. The lowest BCUT2D eigenvalue weighted by molar-refractivity contribution is -0.116. The Morgan fingerprint density at radius 3 is 2.77 bits per heavy atom. The lowest BCUT2D eigenvalue weighted by Crippen LogP contribution is -2.37. The zero-order chi connectivity index (χ0) is 18.8. The molecule has 0 atom stereocenters. The lowest BCUT2D eigenvalue weighted by atomic mass is 10.4. The zero-order valence-electron chi connectivity index (χ0n) is 14.4. The van der Waals surface area contributed by atoms with Gasteiger partial charge in [-0.2, -0.15) is 0 Å². The molecule has 12 heteroatoms. The van der Waals surface area contributed by atoms with E-state index in [0.29, 0.717) is 23.4 Å². The molecule has 0 saturated heterocycles. The average Bonchev–Trinajstić information content (AvgIpc) is 3.23. The van der Waals surface area contributed by atoms with Gasteiger partial charge < -0.3 is 9.30 Å². The van der Waals surface area contributed by atoms with Gasteiger partial charge in [-0.15, -0.1) is 10.2 Å². The molecule has 0 aliphatic rings. The number of rotatable bonds is 6. The van der Waals surface area contributed by atoms with E-state index >= 15 is 0 Å². The number of amides is 1. The van der Waals surface area contributed by atoms with Crippen molar-refractivity contribution in [3.8, 4) is 0 Å². The van der Waals surface area contributed by atoms with Crippen molar-refractivity contribution in [1.82, 2.24) is 28.9 Å². The maximum atomic E-state index is 12.3. The number of ether oxygens (including phenoxy) is 1. The molecule has 3 aromatic rings. The smallest absolute Gasteiger partial charge is 0.332 e. The second kappa shape index (κ2) is 7.17. The summed E-state index contributed by atoms with van der Waals surface area (Å²) in [5.41, 5.74) is -0.587. The molecule has 0 fully saturated rings. The van der Waals surface area contributed by atoms with E-state index in [9.17, 15) is 14.4 Å². The summed E-state index contributed by atoms with van der Waals surface area (Å²) >= 11 is 1.21. The Balaban J connectivity index is 1.81. The molecular weight excluding hydrogens is 362 g/mol. The zero-order valence-corrected chi connectivity index (χ0v) is 15.2. The van der Waals surface area contributed by atoms with Crippen molar-refractivity contribution in [1.29, 1.82) is 0 Å². The Bertz CT molecular complexity index is 1080. The van der Waals surface area contributed by atoms with Gasteiger partial charge in [0.05, 0.1) is 6.33 Å². The van der Waals surface area contributed by atoms with Crippen LogP contribution in [0, 0.1) is 0 Å². The first-order chi connectivity index (χ1) is 12.4. The standard InChI is InChI=1S/C14H17N7O4S/c1-4-25-6-9-17-18-13(26-9)16-8(22)5-21-7-15-11-10(21)12(23)20(3)14(24)19(11)2/h7H,4-6H2,1-3H3,(H,16,18,22). The lowest BCUT2D eigenvalue weighted by Gasteiger charge is -2.06. The van der Waals surface area contributed by atoms with Gasteiger partial charge in [0.15, 0.2) is 11.2 Å². The summed E-state index contributed by atoms with van der Waals surface area (Å²) in [6, 6.07) is 0. The molecule has 0 spiro atoms. The Morgan fingerprint density at radius 1 is 1.27 bits per heavy atom. The molecule has 3 heterocycles. The van der Waals surface area contributed by atoms with Crippen molar-refractivity contribution >= 4 is 33.5 Å². The SMILES string of the molecule is CCOCc1nnc(NC(=O)Cn2cnc3c2c(=O)n(C)c(=O)n3C)s1. The average molecular weight is 379 g/mol. The molecule has 0 bridgehead atoms. The number of anilines is 1. The van der Waals surface area contributed by atoms with E-state index < -0.39 is 11.2 Å². The highest BCUT2D eigenvalue weighted by atomic mass is 32.1. The van der Waals surface area contributed by atoms with Crippen LogP contribution in [-0.4, -0.2) is 41.4 Å². The third kappa shape index (κ3) is 3.28. The van der Waals surface area contributed by atoms with Gasteiger partial charge in [-0.05, 0) is 6.92 Å². The Labute approximate surface area is 150 Å². The number of imidazole rings is 1. The third-order valence-corrected chi connectivity index (χ3v) is 4.49. The Hall–Kier alpha value is -2.86. The van der Waals surface area contributed by atoms with E-state index in [4.69, 9.17) is 4.74 Å². The maximum absolute atomic E-state index is 12.3. The molecule has 0 unspecified atom stereocenters. The fourth-order valence-corrected chi connectivity index (χ4v) is 3.08.